The number of benzene rings is 8. The molecule has 270 valence electrons. The molecule has 0 radical (unpaired) electrons. The maximum absolute atomic E-state index is 5.34. The number of hydrogen-bond donors (Lipinski definition) is 0. The molecule has 0 spiro atoms. The normalized spacial score (nSPS) is 11.8. The van der Waals surface area contributed by atoms with Crippen molar-refractivity contribution in [3.63, 3.8) is 0 Å². The van der Waals surface area contributed by atoms with Crippen LogP contribution in [-0.4, -0.2) is 24.5 Å². The molecule has 0 unspecified atom stereocenters. The van der Waals surface area contributed by atoms with Gasteiger partial charge in [-0.25, -0.2) is 19.9 Å². The van der Waals surface area contributed by atoms with Crippen LogP contribution in [0.1, 0.15) is 0 Å². The van der Waals surface area contributed by atoms with Gasteiger partial charge in [-0.1, -0.05) is 121 Å². The van der Waals surface area contributed by atoms with Gasteiger partial charge < -0.3 is 4.57 Å². The molecule has 0 atom stereocenters. The lowest BCUT2D eigenvalue weighted by molar-refractivity contribution is 1.07. The number of para-hydroxylation sites is 3. The van der Waals surface area contributed by atoms with Crippen molar-refractivity contribution < 1.29 is 0 Å². The average Bonchev–Trinajstić information content (AvgIpc) is 3.85. The van der Waals surface area contributed by atoms with Gasteiger partial charge in [0.1, 0.15) is 0 Å². The summed E-state index contributed by atoms with van der Waals surface area (Å²) < 4.78 is 4.75. The number of hydrogen-bond acceptors (Lipinski definition) is 5. The van der Waals surface area contributed by atoms with E-state index < -0.39 is 0 Å². The summed E-state index contributed by atoms with van der Waals surface area (Å²) in [6, 6.07) is 66.1. The molecule has 6 heteroatoms. The number of nitrogens with zero attached hydrogens (tertiary/aromatic N) is 5. The molecule has 8 aromatic carbocycles. The zero-order valence-electron chi connectivity index (χ0n) is 31.0. The number of pyridine rings is 1. The molecular formula is C52H31N5S. The molecule has 12 aromatic rings. The van der Waals surface area contributed by atoms with Crippen molar-refractivity contribution >= 4 is 75.0 Å². The van der Waals surface area contributed by atoms with Crippen molar-refractivity contribution in [2.75, 3.05) is 0 Å². The number of fused-ring (bicyclic) bond motifs is 9. The van der Waals surface area contributed by atoms with Crippen LogP contribution >= 0.6 is 11.3 Å². The van der Waals surface area contributed by atoms with E-state index in [1.165, 1.54) is 42.0 Å². The summed E-state index contributed by atoms with van der Waals surface area (Å²) in [5.41, 5.74) is 9.27. The lowest BCUT2D eigenvalue weighted by atomic mass is 9.99. The van der Waals surface area contributed by atoms with Gasteiger partial charge in [-0.3, -0.25) is 0 Å². The van der Waals surface area contributed by atoms with E-state index in [2.05, 4.69) is 174 Å². The Morgan fingerprint density at radius 1 is 0.379 bits per heavy atom. The minimum Gasteiger partial charge on any atom is -0.309 e. The molecule has 0 saturated heterocycles. The van der Waals surface area contributed by atoms with E-state index in [-0.39, 0.29) is 0 Å². The van der Waals surface area contributed by atoms with Gasteiger partial charge in [0.15, 0.2) is 17.5 Å². The second-order valence-electron chi connectivity index (χ2n) is 14.6. The number of rotatable bonds is 5. The zero-order chi connectivity index (χ0) is 38.2. The summed E-state index contributed by atoms with van der Waals surface area (Å²) in [6.45, 7) is 0. The fourth-order valence-corrected chi connectivity index (χ4v) is 9.68. The predicted octanol–water partition coefficient (Wildman–Crippen LogP) is 13.7. The van der Waals surface area contributed by atoms with Gasteiger partial charge in [-0.2, -0.15) is 0 Å². The Hall–Kier alpha value is -7.54. The van der Waals surface area contributed by atoms with Gasteiger partial charge in [0.05, 0.1) is 22.2 Å². The maximum Gasteiger partial charge on any atom is 0.164 e. The fraction of sp³-hybridized carbons (Fsp3) is 0. The lowest BCUT2D eigenvalue weighted by Gasteiger charge is -2.11. The third-order valence-corrected chi connectivity index (χ3v) is 12.4. The highest BCUT2D eigenvalue weighted by molar-refractivity contribution is 7.26. The quantitative estimate of drug-likeness (QED) is 0.175. The molecule has 0 aliphatic rings. The summed E-state index contributed by atoms with van der Waals surface area (Å²) in [7, 11) is 0. The minimum absolute atomic E-state index is 0.623. The van der Waals surface area contributed by atoms with E-state index in [0.29, 0.717) is 17.5 Å². The molecule has 0 bridgehead atoms. The SMILES string of the molecule is c1ccc(-c2nc(-c3ccc(-n4c5ccccc5c5ccccc54)cc3)nc(-c3ccc4sc5c6ccccc6nc(-c6ccc7ccccc7c6)c5c4c3)n2)cc1. The van der Waals surface area contributed by atoms with E-state index in [0.717, 1.165) is 55.3 Å². The average molecular weight is 758 g/mol. The molecule has 0 aliphatic heterocycles. The van der Waals surface area contributed by atoms with Crippen LogP contribution in [0.25, 0.3) is 115 Å². The van der Waals surface area contributed by atoms with Crippen LogP contribution in [0, 0.1) is 0 Å². The summed E-state index contributed by atoms with van der Waals surface area (Å²) in [4.78, 5) is 20.7. The first-order valence-corrected chi connectivity index (χ1v) is 20.2. The van der Waals surface area contributed by atoms with Crippen LogP contribution in [0.3, 0.4) is 0 Å². The van der Waals surface area contributed by atoms with Crippen LogP contribution in [0.15, 0.2) is 188 Å². The van der Waals surface area contributed by atoms with Crippen LogP contribution in [0.2, 0.25) is 0 Å². The topological polar surface area (TPSA) is 56.5 Å². The molecule has 5 nitrogen and oxygen atoms in total. The summed E-state index contributed by atoms with van der Waals surface area (Å²) >= 11 is 1.81. The molecule has 0 N–H and O–H groups in total. The van der Waals surface area contributed by atoms with E-state index in [4.69, 9.17) is 19.9 Å². The van der Waals surface area contributed by atoms with E-state index in [1.807, 2.05) is 29.5 Å². The third-order valence-electron chi connectivity index (χ3n) is 11.2. The Kier molecular flexibility index (Phi) is 7.33. The Balaban J connectivity index is 1.03. The number of thiophene rings is 1. The first kappa shape index (κ1) is 32.7. The van der Waals surface area contributed by atoms with Gasteiger partial charge in [-0.05, 0) is 77.5 Å². The van der Waals surface area contributed by atoms with Crippen molar-refractivity contribution in [2.24, 2.45) is 0 Å². The molecule has 12 rings (SSSR count). The van der Waals surface area contributed by atoms with E-state index in [9.17, 15) is 0 Å². The molecular weight excluding hydrogens is 727 g/mol. The van der Waals surface area contributed by atoms with Crippen molar-refractivity contribution in [2.45, 2.75) is 0 Å². The largest absolute Gasteiger partial charge is 0.309 e. The van der Waals surface area contributed by atoms with E-state index >= 15 is 0 Å². The second-order valence-corrected chi connectivity index (χ2v) is 15.7. The first-order chi connectivity index (χ1) is 28.7. The van der Waals surface area contributed by atoms with Gasteiger partial charge in [0, 0.05) is 64.3 Å². The molecule has 58 heavy (non-hydrogen) atoms. The lowest BCUT2D eigenvalue weighted by Crippen LogP contribution is -2.00. The molecule has 0 amide bonds. The van der Waals surface area contributed by atoms with Crippen molar-refractivity contribution in [1.82, 2.24) is 24.5 Å². The fourth-order valence-electron chi connectivity index (χ4n) is 8.46. The Bertz CT molecular complexity index is 3510. The van der Waals surface area contributed by atoms with E-state index in [1.54, 1.807) is 0 Å². The van der Waals surface area contributed by atoms with Crippen LogP contribution < -0.4 is 0 Å². The van der Waals surface area contributed by atoms with Gasteiger partial charge in [0.25, 0.3) is 0 Å². The van der Waals surface area contributed by atoms with Gasteiger partial charge in [-0.15, -0.1) is 11.3 Å². The molecule has 0 aliphatic carbocycles. The monoisotopic (exact) mass is 757 g/mol. The third kappa shape index (κ3) is 5.23. The maximum atomic E-state index is 5.34. The van der Waals surface area contributed by atoms with Crippen LogP contribution in [0.4, 0.5) is 0 Å². The highest BCUT2D eigenvalue weighted by Crippen LogP contribution is 2.44. The predicted molar refractivity (Wildman–Crippen MR) is 242 cm³/mol. The Labute approximate surface area is 337 Å². The second kappa shape index (κ2) is 13.0. The standard InChI is InChI=1S/C52H31N5S/c1-2-13-33(14-3-1)50-54-51(34-24-27-38(28-25-34)57-44-20-10-7-16-39(44)40-17-8-11-21-45(40)57)56-52(55-50)37-26-29-46-42(31-37)47-48(36-23-22-32-12-4-5-15-35(32)30-36)53-43-19-9-6-18-41(43)49(47)58-46/h1-31H. The van der Waals surface area contributed by atoms with Gasteiger partial charge in [0.2, 0.25) is 0 Å². The Morgan fingerprint density at radius 3 is 1.69 bits per heavy atom. The summed E-state index contributed by atoms with van der Waals surface area (Å²) in [5, 5.41) is 8.32. The zero-order valence-corrected chi connectivity index (χ0v) is 31.9. The van der Waals surface area contributed by atoms with Crippen molar-refractivity contribution in [1.29, 1.82) is 0 Å². The molecule has 0 saturated carbocycles. The minimum atomic E-state index is 0.623. The van der Waals surface area contributed by atoms with Crippen LogP contribution in [0.5, 0.6) is 0 Å². The Morgan fingerprint density at radius 2 is 0.948 bits per heavy atom. The van der Waals surface area contributed by atoms with Crippen molar-refractivity contribution in [3.05, 3.63) is 188 Å². The summed E-state index contributed by atoms with van der Waals surface area (Å²) in [5.74, 6) is 1.88. The molecule has 4 heterocycles. The van der Waals surface area contributed by atoms with Crippen LogP contribution in [-0.2, 0) is 0 Å². The molecule has 4 aromatic heterocycles. The highest BCUT2D eigenvalue weighted by atomic mass is 32.1. The van der Waals surface area contributed by atoms with Gasteiger partial charge >= 0.3 is 0 Å². The highest BCUT2D eigenvalue weighted by Gasteiger charge is 2.19. The summed E-state index contributed by atoms with van der Waals surface area (Å²) in [6.07, 6.45) is 0. The smallest absolute Gasteiger partial charge is 0.164 e. The number of aromatic nitrogens is 5. The first-order valence-electron chi connectivity index (χ1n) is 19.4. The molecule has 0 fully saturated rings. The van der Waals surface area contributed by atoms with Crippen molar-refractivity contribution in [3.8, 4) is 51.1 Å².